The lowest BCUT2D eigenvalue weighted by Crippen LogP contribution is -2.46. The number of rotatable bonds is 5. The number of carbonyl (C=O) groups is 1. The van der Waals surface area contributed by atoms with Gasteiger partial charge < -0.3 is 9.47 Å². The highest BCUT2D eigenvalue weighted by Crippen LogP contribution is 2.36. The van der Waals surface area contributed by atoms with Crippen molar-refractivity contribution in [2.75, 3.05) is 0 Å². The summed E-state index contributed by atoms with van der Waals surface area (Å²) in [6.07, 6.45) is 1.40. The zero-order valence-electron chi connectivity index (χ0n) is 25.4. The molecular weight excluding hydrogens is 673 g/mol. The molecule has 1 amide bonds. The van der Waals surface area contributed by atoms with E-state index in [9.17, 15) is 22.8 Å². The minimum atomic E-state index is -4.63. The van der Waals surface area contributed by atoms with Crippen LogP contribution in [-0.4, -0.2) is 40.6 Å². The second-order valence-electron chi connectivity index (χ2n) is 11.7. The highest BCUT2D eigenvalue weighted by atomic mass is 79.9. The summed E-state index contributed by atoms with van der Waals surface area (Å²) in [6.45, 7) is 1.80. The number of hydrogen-bond donors (Lipinski definition) is 0. The number of halogens is 4. The summed E-state index contributed by atoms with van der Waals surface area (Å²) >= 11 is 2.95. The smallest absolute Gasteiger partial charge is 0.334 e. The van der Waals surface area contributed by atoms with Crippen molar-refractivity contribution in [1.82, 2.24) is 28.6 Å². The quantitative estimate of drug-likeness (QED) is 0.197. The van der Waals surface area contributed by atoms with Crippen LogP contribution in [-0.2, 0) is 32.6 Å². The predicted molar refractivity (Wildman–Crippen MR) is 174 cm³/mol. The van der Waals surface area contributed by atoms with Crippen LogP contribution in [0.1, 0.15) is 45.2 Å². The molecule has 6 aromatic rings. The van der Waals surface area contributed by atoms with Gasteiger partial charge >= 0.3 is 6.18 Å². The number of hydrogen-bond acceptors (Lipinski definition) is 4. The number of fused-ring (bicyclic) bond motifs is 3. The second kappa shape index (κ2) is 11.7. The van der Waals surface area contributed by atoms with Gasteiger partial charge in [0.05, 0.1) is 29.7 Å². The van der Waals surface area contributed by atoms with Crippen LogP contribution < -0.4 is 5.56 Å². The van der Waals surface area contributed by atoms with Crippen molar-refractivity contribution in [3.63, 3.8) is 0 Å². The maximum absolute atomic E-state index is 14.5. The average Bonchev–Trinajstić information content (AvgIpc) is 3.67. The Labute approximate surface area is 275 Å². The molecule has 1 atom stereocenters. The zero-order valence-corrected chi connectivity index (χ0v) is 27.0. The molecule has 47 heavy (non-hydrogen) atoms. The van der Waals surface area contributed by atoms with Gasteiger partial charge in [0, 0.05) is 58.6 Å². The molecule has 0 spiro atoms. The summed E-state index contributed by atoms with van der Waals surface area (Å²) in [5.74, 6) is 0.236. The number of alkyl halides is 3. The standard InChI is InChI=1S/C35H28BrF3N6O2/c1-21-16-27-30(20-43(21)33(46)24-10-13-29(36)28(18-24)35(37,38)39)45-32(25(19-41-45)17-22-6-4-3-5-7-22)44(34(27)47)26-11-8-23(9-12-26)31-40-14-15-42(31)2/h3-15,18-19,21H,16-17,20H2,1-2H3/t21-/m1/s1. The first-order chi connectivity index (χ1) is 22.5. The third kappa shape index (κ3) is 5.46. The fraction of sp³-hybridized carbons (Fsp3) is 0.200. The molecule has 4 heterocycles. The fourth-order valence-electron chi connectivity index (χ4n) is 6.28. The Bertz CT molecular complexity index is 2200. The van der Waals surface area contributed by atoms with Crippen molar-refractivity contribution >= 4 is 27.5 Å². The summed E-state index contributed by atoms with van der Waals surface area (Å²) in [4.78, 5) is 34.1. The van der Waals surface area contributed by atoms with Crippen LogP contribution in [0.2, 0.25) is 0 Å². The summed E-state index contributed by atoms with van der Waals surface area (Å²) in [6, 6.07) is 20.4. The second-order valence-corrected chi connectivity index (χ2v) is 12.6. The van der Waals surface area contributed by atoms with Crippen molar-refractivity contribution < 1.29 is 18.0 Å². The number of amides is 1. The number of aryl methyl sites for hydroxylation is 1. The van der Waals surface area contributed by atoms with Gasteiger partial charge in [-0.3, -0.25) is 14.2 Å². The average molecular weight is 702 g/mol. The molecular formula is C35H28BrF3N6O2. The van der Waals surface area contributed by atoms with Crippen molar-refractivity contribution in [1.29, 1.82) is 0 Å². The lowest BCUT2D eigenvalue weighted by atomic mass is 9.97. The third-order valence-corrected chi connectivity index (χ3v) is 9.36. The molecule has 1 aliphatic rings. The maximum Gasteiger partial charge on any atom is 0.417 e. The van der Waals surface area contributed by atoms with Crippen LogP contribution in [0.3, 0.4) is 0 Å². The van der Waals surface area contributed by atoms with Gasteiger partial charge in [-0.1, -0.05) is 46.3 Å². The topological polar surface area (TPSA) is 77.4 Å². The summed E-state index contributed by atoms with van der Waals surface area (Å²) in [7, 11) is 1.91. The molecule has 7 rings (SSSR count). The lowest BCUT2D eigenvalue weighted by molar-refractivity contribution is -0.138. The Kier molecular flexibility index (Phi) is 7.62. The van der Waals surface area contributed by atoms with E-state index in [2.05, 4.69) is 20.9 Å². The van der Waals surface area contributed by atoms with Gasteiger partial charge in [-0.05, 0) is 61.4 Å². The lowest BCUT2D eigenvalue weighted by Gasteiger charge is -2.35. The van der Waals surface area contributed by atoms with Gasteiger partial charge in [0.25, 0.3) is 11.5 Å². The number of aromatic nitrogens is 5. The van der Waals surface area contributed by atoms with Gasteiger partial charge in [0.15, 0.2) is 0 Å². The van der Waals surface area contributed by atoms with E-state index in [0.29, 0.717) is 29.0 Å². The van der Waals surface area contributed by atoms with Crippen LogP contribution in [0.25, 0.3) is 22.7 Å². The molecule has 0 radical (unpaired) electrons. The van der Waals surface area contributed by atoms with Crippen molar-refractivity contribution in [2.24, 2.45) is 7.05 Å². The fourth-order valence-corrected chi connectivity index (χ4v) is 6.75. The monoisotopic (exact) mass is 700 g/mol. The Morgan fingerprint density at radius 2 is 1.79 bits per heavy atom. The van der Waals surface area contributed by atoms with E-state index >= 15 is 0 Å². The molecule has 238 valence electrons. The predicted octanol–water partition coefficient (Wildman–Crippen LogP) is 6.84. The van der Waals surface area contributed by atoms with Gasteiger partial charge in [-0.25, -0.2) is 9.50 Å². The molecule has 12 heteroatoms. The molecule has 0 saturated carbocycles. The van der Waals surface area contributed by atoms with E-state index in [0.717, 1.165) is 28.6 Å². The molecule has 1 aliphatic heterocycles. The Morgan fingerprint density at radius 3 is 2.47 bits per heavy atom. The maximum atomic E-state index is 14.5. The SMILES string of the molecule is C[C@@H]1Cc2c(n3ncc(Cc4ccccc4)c3n(-c3ccc(-c4nccn4C)cc3)c2=O)CN1C(=O)c1ccc(Br)c(C(F)(F)F)c1. The van der Waals surface area contributed by atoms with Crippen LogP contribution in [0.4, 0.5) is 13.2 Å². The normalized spacial score (nSPS) is 14.9. The summed E-state index contributed by atoms with van der Waals surface area (Å²) in [5, 5.41) is 4.73. The minimum absolute atomic E-state index is 0.00385. The van der Waals surface area contributed by atoms with Gasteiger partial charge in [-0.2, -0.15) is 18.3 Å². The van der Waals surface area contributed by atoms with Crippen molar-refractivity contribution in [3.05, 3.63) is 140 Å². The van der Waals surface area contributed by atoms with E-state index in [-0.39, 0.29) is 28.6 Å². The van der Waals surface area contributed by atoms with E-state index in [1.807, 2.05) is 72.4 Å². The van der Waals surface area contributed by atoms with Gasteiger partial charge in [-0.15, -0.1) is 0 Å². The van der Waals surface area contributed by atoms with Crippen LogP contribution >= 0.6 is 15.9 Å². The van der Waals surface area contributed by atoms with E-state index < -0.39 is 23.7 Å². The van der Waals surface area contributed by atoms with Crippen LogP contribution in [0, 0.1) is 0 Å². The molecule has 8 nitrogen and oxygen atoms in total. The van der Waals surface area contributed by atoms with E-state index in [1.54, 1.807) is 28.4 Å². The molecule has 0 saturated heterocycles. The van der Waals surface area contributed by atoms with E-state index in [4.69, 9.17) is 5.10 Å². The minimum Gasteiger partial charge on any atom is -0.334 e. The number of carbonyl (C=O) groups excluding carboxylic acids is 1. The molecule has 3 aromatic heterocycles. The largest absolute Gasteiger partial charge is 0.417 e. The highest BCUT2D eigenvalue weighted by Gasteiger charge is 2.36. The first kappa shape index (κ1) is 30.7. The Hall–Kier alpha value is -4.97. The van der Waals surface area contributed by atoms with Crippen LogP contribution in [0.15, 0.2) is 101 Å². The number of benzene rings is 3. The molecule has 0 aliphatic carbocycles. The zero-order chi connectivity index (χ0) is 33.0. The Morgan fingerprint density at radius 1 is 1.04 bits per heavy atom. The summed E-state index contributed by atoms with van der Waals surface area (Å²) in [5.41, 5.74) is 3.74. The van der Waals surface area contributed by atoms with Gasteiger partial charge in [0.2, 0.25) is 0 Å². The number of nitrogens with zero attached hydrogens (tertiary/aromatic N) is 6. The number of imidazole rings is 1. The van der Waals surface area contributed by atoms with Gasteiger partial charge in [0.1, 0.15) is 11.5 Å². The molecule has 3 aromatic carbocycles. The van der Waals surface area contributed by atoms with E-state index in [1.165, 1.54) is 17.0 Å². The van der Waals surface area contributed by atoms with Crippen LogP contribution in [0.5, 0.6) is 0 Å². The highest BCUT2D eigenvalue weighted by molar-refractivity contribution is 9.10. The molecule has 0 fully saturated rings. The Balaban J connectivity index is 1.36. The third-order valence-electron chi connectivity index (χ3n) is 8.67. The molecule has 0 bridgehead atoms. The molecule has 0 unspecified atom stereocenters. The first-order valence-electron chi connectivity index (χ1n) is 14.9. The summed E-state index contributed by atoms with van der Waals surface area (Å²) < 4.78 is 46.1. The molecule has 0 N–H and O–H groups in total. The van der Waals surface area contributed by atoms with Crippen molar-refractivity contribution in [3.8, 4) is 17.1 Å². The first-order valence-corrected chi connectivity index (χ1v) is 15.7. The van der Waals surface area contributed by atoms with Crippen molar-refractivity contribution in [2.45, 2.75) is 38.5 Å².